The highest BCUT2D eigenvalue weighted by atomic mass is 16.7. The van der Waals surface area contributed by atoms with E-state index >= 15 is 0 Å². The maximum absolute atomic E-state index is 8.76. The summed E-state index contributed by atoms with van der Waals surface area (Å²) in [6.07, 6.45) is 4.12. The van der Waals surface area contributed by atoms with E-state index in [9.17, 15) is 0 Å². The van der Waals surface area contributed by atoms with E-state index in [4.69, 9.17) is 19.3 Å². The molecule has 1 aromatic carbocycles. The van der Waals surface area contributed by atoms with E-state index in [2.05, 4.69) is 0 Å². The molecule has 0 amide bonds. The van der Waals surface area contributed by atoms with Gasteiger partial charge >= 0.3 is 0 Å². The van der Waals surface area contributed by atoms with Gasteiger partial charge < -0.3 is 19.3 Å². The van der Waals surface area contributed by atoms with Crippen molar-refractivity contribution in [2.24, 2.45) is 0 Å². The molecular weight excluding hydrogens is 244 g/mol. The van der Waals surface area contributed by atoms with Crippen molar-refractivity contribution in [3.05, 3.63) is 48.0 Å². The van der Waals surface area contributed by atoms with Crippen LogP contribution in [-0.2, 0) is 20.8 Å². The van der Waals surface area contributed by atoms with Crippen LogP contribution < -0.4 is 0 Å². The molecule has 1 unspecified atom stereocenters. The standard InChI is InChI=1S/C15H22O4/c1-17-13-19-15(8-5-10-16)9-11-18-12-14-6-3-2-4-7-14/h2-8,15-16H,9-13H2,1H3/b8-5-. The highest BCUT2D eigenvalue weighted by Gasteiger charge is 2.04. The van der Waals surface area contributed by atoms with Crippen molar-refractivity contribution in [3.63, 3.8) is 0 Å². The third kappa shape index (κ3) is 7.74. The number of benzene rings is 1. The smallest absolute Gasteiger partial charge is 0.147 e. The Balaban J connectivity index is 2.21. The van der Waals surface area contributed by atoms with Crippen molar-refractivity contribution >= 4 is 0 Å². The maximum atomic E-state index is 8.76. The lowest BCUT2D eigenvalue weighted by Gasteiger charge is -2.13. The number of aliphatic hydroxyl groups excluding tert-OH is 1. The summed E-state index contributed by atoms with van der Waals surface area (Å²) < 4.78 is 15.9. The summed E-state index contributed by atoms with van der Waals surface area (Å²) in [5.74, 6) is 0. The van der Waals surface area contributed by atoms with E-state index in [1.54, 1.807) is 13.2 Å². The van der Waals surface area contributed by atoms with Crippen LogP contribution in [0.15, 0.2) is 42.5 Å². The number of aliphatic hydroxyl groups is 1. The molecule has 4 heteroatoms. The minimum atomic E-state index is -0.0946. The molecule has 0 aromatic heterocycles. The molecule has 0 saturated carbocycles. The maximum Gasteiger partial charge on any atom is 0.147 e. The van der Waals surface area contributed by atoms with Crippen molar-refractivity contribution in [2.45, 2.75) is 19.1 Å². The molecule has 0 heterocycles. The third-order valence-electron chi connectivity index (χ3n) is 2.51. The Labute approximate surface area is 114 Å². The van der Waals surface area contributed by atoms with Crippen molar-refractivity contribution in [2.75, 3.05) is 27.1 Å². The quantitative estimate of drug-likeness (QED) is 0.400. The Hall–Kier alpha value is -1.20. The van der Waals surface area contributed by atoms with E-state index in [1.807, 2.05) is 36.4 Å². The van der Waals surface area contributed by atoms with Crippen LogP contribution in [0.3, 0.4) is 0 Å². The van der Waals surface area contributed by atoms with Gasteiger partial charge in [-0.3, -0.25) is 0 Å². The van der Waals surface area contributed by atoms with Crippen LogP contribution >= 0.6 is 0 Å². The van der Waals surface area contributed by atoms with E-state index in [0.29, 0.717) is 13.2 Å². The summed E-state index contributed by atoms with van der Waals surface area (Å²) in [5.41, 5.74) is 1.16. The topological polar surface area (TPSA) is 47.9 Å². The minimum Gasteiger partial charge on any atom is -0.392 e. The zero-order chi connectivity index (χ0) is 13.8. The summed E-state index contributed by atoms with van der Waals surface area (Å²) in [5, 5.41) is 8.76. The monoisotopic (exact) mass is 266 g/mol. The van der Waals surface area contributed by atoms with E-state index in [0.717, 1.165) is 12.0 Å². The predicted octanol–water partition coefficient (Wildman–Crippen LogP) is 2.13. The molecule has 0 saturated heterocycles. The van der Waals surface area contributed by atoms with Crippen LogP contribution in [0.2, 0.25) is 0 Å². The van der Waals surface area contributed by atoms with Gasteiger partial charge in [-0.15, -0.1) is 0 Å². The first kappa shape index (κ1) is 15.9. The third-order valence-corrected chi connectivity index (χ3v) is 2.51. The predicted molar refractivity (Wildman–Crippen MR) is 73.7 cm³/mol. The highest BCUT2D eigenvalue weighted by Crippen LogP contribution is 2.05. The normalized spacial score (nSPS) is 12.9. The van der Waals surface area contributed by atoms with Gasteiger partial charge in [-0.25, -0.2) is 0 Å². The second-order valence-corrected chi connectivity index (χ2v) is 4.05. The average molecular weight is 266 g/mol. The molecule has 1 N–H and O–H groups in total. The van der Waals surface area contributed by atoms with Gasteiger partial charge in [0.15, 0.2) is 0 Å². The highest BCUT2D eigenvalue weighted by molar-refractivity contribution is 5.13. The van der Waals surface area contributed by atoms with E-state index in [-0.39, 0.29) is 19.5 Å². The molecule has 1 rings (SSSR count). The van der Waals surface area contributed by atoms with Gasteiger partial charge in [-0.1, -0.05) is 42.5 Å². The van der Waals surface area contributed by atoms with Crippen LogP contribution in [0.1, 0.15) is 12.0 Å². The second kappa shape index (κ2) is 10.7. The zero-order valence-corrected chi connectivity index (χ0v) is 11.3. The SMILES string of the molecule is COCOC(/C=C\CO)CCOCc1ccccc1. The Morgan fingerprint density at radius 2 is 2.05 bits per heavy atom. The van der Waals surface area contributed by atoms with Crippen LogP contribution in [0.25, 0.3) is 0 Å². The van der Waals surface area contributed by atoms with Gasteiger partial charge in [0.1, 0.15) is 6.79 Å². The summed E-state index contributed by atoms with van der Waals surface area (Å²) in [6, 6.07) is 10.0. The number of hydrogen-bond acceptors (Lipinski definition) is 4. The molecule has 0 aliphatic rings. The lowest BCUT2D eigenvalue weighted by atomic mass is 10.2. The lowest BCUT2D eigenvalue weighted by Crippen LogP contribution is -2.15. The average Bonchev–Trinajstić information content (AvgIpc) is 2.46. The number of hydrogen-bond donors (Lipinski definition) is 1. The fraction of sp³-hybridized carbons (Fsp3) is 0.467. The van der Waals surface area contributed by atoms with E-state index in [1.165, 1.54) is 0 Å². The molecule has 0 bridgehead atoms. The molecule has 0 spiro atoms. The van der Waals surface area contributed by atoms with Gasteiger partial charge in [0, 0.05) is 20.1 Å². The molecule has 0 fully saturated rings. The number of ether oxygens (including phenoxy) is 3. The van der Waals surface area contributed by atoms with Crippen LogP contribution in [-0.4, -0.2) is 38.3 Å². The molecule has 0 aliphatic heterocycles. The molecule has 0 aliphatic carbocycles. The van der Waals surface area contributed by atoms with Crippen molar-refractivity contribution < 1.29 is 19.3 Å². The second-order valence-electron chi connectivity index (χ2n) is 4.05. The molecule has 19 heavy (non-hydrogen) atoms. The van der Waals surface area contributed by atoms with E-state index < -0.39 is 0 Å². The summed E-state index contributed by atoms with van der Waals surface area (Å²) in [7, 11) is 1.58. The number of methoxy groups -OCH3 is 1. The Bertz CT molecular complexity index is 337. The fourth-order valence-electron chi connectivity index (χ4n) is 1.57. The molecule has 0 radical (unpaired) electrons. The van der Waals surface area contributed by atoms with Gasteiger partial charge in [-0.05, 0) is 5.56 Å². The molecule has 106 valence electrons. The van der Waals surface area contributed by atoms with Crippen molar-refractivity contribution in [1.29, 1.82) is 0 Å². The van der Waals surface area contributed by atoms with Gasteiger partial charge in [0.05, 0.1) is 19.3 Å². The Morgan fingerprint density at radius 1 is 1.26 bits per heavy atom. The summed E-state index contributed by atoms with van der Waals surface area (Å²) >= 11 is 0. The van der Waals surface area contributed by atoms with Gasteiger partial charge in [-0.2, -0.15) is 0 Å². The van der Waals surface area contributed by atoms with Crippen LogP contribution in [0, 0.1) is 0 Å². The Kier molecular flexibility index (Phi) is 8.93. The fourth-order valence-corrected chi connectivity index (χ4v) is 1.57. The van der Waals surface area contributed by atoms with Crippen molar-refractivity contribution in [3.8, 4) is 0 Å². The number of rotatable bonds is 10. The first-order chi connectivity index (χ1) is 9.36. The Morgan fingerprint density at radius 3 is 2.74 bits per heavy atom. The minimum absolute atomic E-state index is 0.0116. The van der Waals surface area contributed by atoms with Crippen LogP contribution in [0.4, 0.5) is 0 Å². The lowest BCUT2D eigenvalue weighted by molar-refractivity contribution is -0.0642. The molecular formula is C15H22O4. The first-order valence-electron chi connectivity index (χ1n) is 6.36. The largest absolute Gasteiger partial charge is 0.392 e. The summed E-state index contributed by atoms with van der Waals surface area (Å²) in [6.45, 7) is 1.44. The molecule has 4 nitrogen and oxygen atoms in total. The molecule has 1 atom stereocenters. The summed E-state index contributed by atoms with van der Waals surface area (Å²) in [4.78, 5) is 0. The first-order valence-corrected chi connectivity index (χ1v) is 6.36. The van der Waals surface area contributed by atoms with Gasteiger partial charge in [0.25, 0.3) is 0 Å². The molecule has 1 aromatic rings. The zero-order valence-electron chi connectivity index (χ0n) is 11.3. The van der Waals surface area contributed by atoms with Gasteiger partial charge in [0.2, 0.25) is 0 Å². The van der Waals surface area contributed by atoms with Crippen LogP contribution in [0.5, 0.6) is 0 Å². The van der Waals surface area contributed by atoms with Crippen molar-refractivity contribution in [1.82, 2.24) is 0 Å².